The van der Waals surface area contributed by atoms with Gasteiger partial charge in [-0.25, -0.2) is 4.79 Å². The van der Waals surface area contributed by atoms with Gasteiger partial charge in [0.05, 0.1) is 12.5 Å². The van der Waals surface area contributed by atoms with E-state index in [0.717, 1.165) is 12.8 Å². The number of hydrogen-bond donors (Lipinski definition) is 3. The molecule has 4 N–H and O–H groups in total. The van der Waals surface area contributed by atoms with E-state index in [4.69, 9.17) is 5.73 Å². The first-order valence-electron chi connectivity index (χ1n) is 7.65. The van der Waals surface area contributed by atoms with E-state index < -0.39 is 11.9 Å². The van der Waals surface area contributed by atoms with E-state index in [1.54, 1.807) is 24.3 Å². The average molecular weight is 318 g/mol. The average Bonchev–Trinajstić information content (AvgIpc) is 2.50. The maximum Gasteiger partial charge on any atom is 0.325 e. The molecule has 1 fully saturated rings. The molecule has 1 aromatic carbocycles. The standard InChI is InChI=1S/C16H22N4O3/c1-11-7-8-12(15(17)22)9-20(11)10-14(21)19-16(23)18-13-5-3-2-4-6-13/h2-6,11-12H,7-10H2,1H3,(H2,17,22)(H2,18,19,21,23)/t11-,12+/m0/s1. The van der Waals surface area contributed by atoms with E-state index in [-0.39, 0.29) is 24.4 Å². The van der Waals surface area contributed by atoms with E-state index in [9.17, 15) is 14.4 Å². The molecule has 1 saturated heterocycles. The Morgan fingerprint density at radius 2 is 1.91 bits per heavy atom. The third-order valence-corrected chi connectivity index (χ3v) is 4.04. The fourth-order valence-electron chi connectivity index (χ4n) is 2.67. The number of benzene rings is 1. The summed E-state index contributed by atoms with van der Waals surface area (Å²) in [6, 6.07) is 8.47. The predicted molar refractivity (Wildman–Crippen MR) is 86.6 cm³/mol. The van der Waals surface area contributed by atoms with Gasteiger partial charge in [-0.15, -0.1) is 0 Å². The highest BCUT2D eigenvalue weighted by atomic mass is 16.2. The third-order valence-electron chi connectivity index (χ3n) is 4.04. The first-order valence-corrected chi connectivity index (χ1v) is 7.65. The molecule has 0 spiro atoms. The van der Waals surface area contributed by atoms with Gasteiger partial charge in [0.25, 0.3) is 0 Å². The molecule has 1 heterocycles. The Hall–Kier alpha value is -2.41. The summed E-state index contributed by atoms with van der Waals surface area (Å²) in [5, 5.41) is 4.88. The minimum Gasteiger partial charge on any atom is -0.369 e. The Balaban J connectivity index is 1.83. The number of primary amides is 1. The number of amides is 4. The van der Waals surface area contributed by atoms with Crippen LogP contribution in [0.1, 0.15) is 19.8 Å². The van der Waals surface area contributed by atoms with Crippen LogP contribution in [0.5, 0.6) is 0 Å². The molecule has 1 aliphatic heterocycles. The smallest absolute Gasteiger partial charge is 0.325 e. The minimum atomic E-state index is -0.572. The van der Waals surface area contributed by atoms with E-state index in [2.05, 4.69) is 10.6 Å². The highest BCUT2D eigenvalue weighted by Gasteiger charge is 2.29. The van der Waals surface area contributed by atoms with E-state index in [1.807, 2.05) is 17.9 Å². The van der Waals surface area contributed by atoms with Crippen molar-refractivity contribution in [2.24, 2.45) is 11.7 Å². The van der Waals surface area contributed by atoms with E-state index in [1.165, 1.54) is 0 Å². The number of carbonyl (C=O) groups excluding carboxylic acids is 3. The molecule has 0 aliphatic carbocycles. The maximum atomic E-state index is 12.0. The number of hydrogen-bond acceptors (Lipinski definition) is 4. The van der Waals surface area contributed by atoms with Crippen molar-refractivity contribution in [2.45, 2.75) is 25.8 Å². The topological polar surface area (TPSA) is 105 Å². The molecule has 0 radical (unpaired) electrons. The summed E-state index contributed by atoms with van der Waals surface area (Å²) in [6.07, 6.45) is 1.54. The number of imide groups is 1. The molecular weight excluding hydrogens is 296 g/mol. The van der Waals surface area contributed by atoms with Crippen LogP contribution in [0.2, 0.25) is 0 Å². The number of para-hydroxylation sites is 1. The van der Waals surface area contributed by atoms with Crippen LogP contribution in [0.15, 0.2) is 30.3 Å². The fourth-order valence-corrected chi connectivity index (χ4v) is 2.67. The lowest BCUT2D eigenvalue weighted by molar-refractivity contribution is -0.127. The van der Waals surface area contributed by atoms with E-state index in [0.29, 0.717) is 12.2 Å². The molecule has 2 atom stereocenters. The molecule has 7 heteroatoms. The molecule has 4 amide bonds. The van der Waals surface area contributed by atoms with E-state index >= 15 is 0 Å². The fraction of sp³-hybridized carbons (Fsp3) is 0.438. The SMILES string of the molecule is C[C@H]1CC[C@@H](C(N)=O)CN1CC(=O)NC(=O)Nc1ccccc1. The molecule has 23 heavy (non-hydrogen) atoms. The zero-order valence-electron chi connectivity index (χ0n) is 13.1. The van der Waals surface area contributed by atoms with Crippen LogP contribution in [0.25, 0.3) is 0 Å². The lowest BCUT2D eigenvalue weighted by Gasteiger charge is -2.36. The van der Waals surface area contributed by atoms with Crippen molar-refractivity contribution in [2.75, 3.05) is 18.4 Å². The minimum absolute atomic E-state index is 0.0627. The van der Waals surface area contributed by atoms with Gasteiger partial charge in [0.2, 0.25) is 11.8 Å². The number of nitrogens with zero attached hydrogens (tertiary/aromatic N) is 1. The molecule has 0 unspecified atom stereocenters. The summed E-state index contributed by atoms with van der Waals surface area (Å²) in [7, 11) is 0. The molecule has 0 aromatic heterocycles. The number of likely N-dealkylation sites (tertiary alicyclic amines) is 1. The molecule has 1 aliphatic rings. The second-order valence-corrected chi connectivity index (χ2v) is 5.82. The Morgan fingerprint density at radius 3 is 2.57 bits per heavy atom. The number of nitrogens with one attached hydrogen (secondary N) is 2. The summed E-state index contributed by atoms with van der Waals surface area (Å²) in [5.74, 6) is -0.989. The van der Waals surface area contributed by atoms with Crippen molar-refractivity contribution in [3.63, 3.8) is 0 Å². The second kappa shape index (κ2) is 7.73. The lowest BCUT2D eigenvalue weighted by atomic mass is 9.93. The number of urea groups is 1. The zero-order chi connectivity index (χ0) is 16.8. The molecule has 2 rings (SSSR count). The second-order valence-electron chi connectivity index (χ2n) is 5.82. The van der Waals surface area contributed by atoms with Gasteiger partial charge in [-0.05, 0) is 31.9 Å². The van der Waals surface area contributed by atoms with Gasteiger partial charge in [-0.3, -0.25) is 19.8 Å². The molecular formula is C16H22N4O3. The monoisotopic (exact) mass is 318 g/mol. The van der Waals surface area contributed by atoms with Gasteiger partial charge >= 0.3 is 6.03 Å². The van der Waals surface area contributed by atoms with Crippen molar-refractivity contribution in [3.8, 4) is 0 Å². The van der Waals surface area contributed by atoms with Crippen LogP contribution in [-0.4, -0.2) is 41.9 Å². The van der Waals surface area contributed by atoms with Crippen LogP contribution in [-0.2, 0) is 9.59 Å². The number of rotatable bonds is 4. The lowest BCUT2D eigenvalue weighted by Crippen LogP contribution is -2.50. The van der Waals surface area contributed by atoms with Crippen LogP contribution in [0.4, 0.5) is 10.5 Å². The normalized spacial score (nSPS) is 21.4. The number of carbonyl (C=O) groups is 3. The highest BCUT2D eigenvalue weighted by molar-refractivity contribution is 6.01. The number of piperidine rings is 1. The zero-order valence-corrected chi connectivity index (χ0v) is 13.1. The van der Waals surface area contributed by atoms with Gasteiger partial charge in [-0.2, -0.15) is 0 Å². The summed E-state index contributed by atoms with van der Waals surface area (Å²) >= 11 is 0. The number of anilines is 1. The van der Waals surface area contributed by atoms with Gasteiger partial charge in [0.1, 0.15) is 0 Å². The molecule has 0 saturated carbocycles. The van der Waals surface area contributed by atoms with Gasteiger partial charge in [0.15, 0.2) is 0 Å². The molecule has 0 bridgehead atoms. The van der Waals surface area contributed by atoms with Crippen molar-refractivity contribution >= 4 is 23.5 Å². The number of nitrogens with two attached hydrogens (primary N) is 1. The quantitative estimate of drug-likeness (QED) is 0.767. The Morgan fingerprint density at radius 1 is 1.22 bits per heavy atom. The highest BCUT2D eigenvalue weighted by Crippen LogP contribution is 2.21. The van der Waals surface area contributed by atoms with Crippen LogP contribution >= 0.6 is 0 Å². The summed E-state index contributed by atoms with van der Waals surface area (Å²) in [4.78, 5) is 37.0. The van der Waals surface area contributed by atoms with Gasteiger partial charge in [0, 0.05) is 18.3 Å². The first kappa shape index (κ1) is 17.0. The van der Waals surface area contributed by atoms with Gasteiger partial charge in [-0.1, -0.05) is 18.2 Å². The summed E-state index contributed by atoms with van der Waals surface area (Å²) in [6.45, 7) is 2.51. The maximum absolute atomic E-state index is 12.0. The van der Waals surface area contributed by atoms with Crippen LogP contribution in [0, 0.1) is 5.92 Å². The van der Waals surface area contributed by atoms with Crippen molar-refractivity contribution in [3.05, 3.63) is 30.3 Å². The van der Waals surface area contributed by atoms with Crippen LogP contribution < -0.4 is 16.4 Å². The van der Waals surface area contributed by atoms with Gasteiger partial charge < -0.3 is 11.1 Å². The Bertz CT molecular complexity index is 576. The van der Waals surface area contributed by atoms with Crippen molar-refractivity contribution < 1.29 is 14.4 Å². The van der Waals surface area contributed by atoms with Crippen LogP contribution in [0.3, 0.4) is 0 Å². The molecule has 124 valence electrons. The first-order chi connectivity index (χ1) is 11.0. The third kappa shape index (κ3) is 5.07. The largest absolute Gasteiger partial charge is 0.369 e. The van der Waals surface area contributed by atoms with Crippen molar-refractivity contribution in [1.82, 2.24) is 10.2 Å². The molecule has 7 nitrogen and oxygen atoms in total. The predicted octanol–water partition coefficient (Wildman–Crippen LogP) is 0.920. The Labute approximate surface area is 135 Å². The Kier molecular flexibility index (Phi) is 5.70. The van der Waals surface area contributed by atoms with Crippen molar-refractivity contribution in [1.29, 1.82) is 0 Å². The summed E-state index contributed by atoms with van der Waals surface area (Å²) < 4.78 is 0. The molecule has 1 aromatic rings. The summed E-state index contributed by atoms with van der Waals surface area (Å²) in [5.41, 5.74) is 5.95.